The van der Waals surface area contributed by atoms with Crippen molar-refractivity contribution in [1.29, 1.82) is 0 Å². The standard InChI is InChI=1S/C32H45N7O5/c1-22-26(27(29(40)41)44-30(2,3)4)28-37-15-13-31(5,14-16-37)42-17-9-10-18-43-32(11-7-6-8-12-32)24-21-38(36-34-24)20-23-19-25(33-22)39(28)35-23/h9,17,19,21,27H,6-8,10-16,18,20H2,1-5H3,(H,40,41)/t27-/m0/s1. The number of carbonyl (C=O) groups is 1. The molecule has 1 saturated carbocycles. The second-order valence-electron chi connectivity index (χ2n) is 13.7. The van der Waals surface area contributed by atoms with E-state index in [1.54, 1.807) is 9.20 Å². The largest absolute Gasteiger partial charge is 0.495 e. The molecule has 3 aromatic heterocycles. The molecule has 0 aromatic carbocycles. The highest BCUT2D eigenvalue weighted by Crippen LogP contribution is 2.40. The molecule has 0 radical (unpaired) electrons. The van der Waals surface area contributed by atoms with Crippen molar-refractivity contribution in [2.24, 2.45) is 0 Å². The number of hydrogen-bond acceptors (Lipinski definition) is 9. The van der Waals surface area contributed by atoms with Crippen LogP contribution in [-0.4, -0.2) is 71.6 Å². The van der Waals surface area contributed by atoms with Gasteiger partial charge in [0.15, 0.2) is 11.8 Å². The van der Waals surface area contributed by atoms with Crippen LogP contribution in [0.5, 0.6) is 0 Å². The molecule has 4 aliphatic rings. The summed E-state index contributed by atoms with van der Waals surface area (Å²) < 4.78 is 22.6. The van der Waals surface area contributed by atoms with Crippen molar-refractivity contribution in [1.82, 2.24) is 29.6 Å². The summed E-state index contributed by atoms with van der Waals surface area (Å²) in [6.45, 7) is 11.9. The van der Waals surface area contributed by atoms with Gasteiger partial charge in [-0.25, -0.2) is 14.5 Å². The Bertz CT molecular complexity index is 1520. The zero-order valence-corrected chi connectivity index (χ0v) is 26.6. The van der Waals surface area contributed by atoms with Crippen molar-refractivity contribution in [2.75, 3.05) is 24.6 Å². The number of ether oxygens (including phenoxy) is 3. The lowest BCUT2D eigenvalue weighted by atomic mass is 9.82. The van der Waals surface area contributed by atoms with Crippen molar-refractivity contribution >= 4 is 17.4 Å². The molecular weight excluding hydrogens is 562 g/mol. The lowest BCUT2D eigenvalue weighted by Gasteiger charge is -2.41. The summed E-state index contributed by atoms with van der Waals surface area (Å²) in [7, 11) is 0. The number of fused-ring (bicyclic) bond motifs is 6. The fourth-order valence-electron chi connectivity index (χ4n) is 6.70. The average Bonchev–Trinajstić information content (AvgIpc) is 3.60. The SMILES string of the molecule is Cc1nc2cc3nn2c(c1[C@H](OC(C)(C)C)C(=O)O)N1CCC(C)(CC1)OC=CCCOC1(CCCCC1)c1cn(nn1)C3. The Morgan fingerprint density at radius 2 is 1.89 bits per heavy atom. The fourth-order valence-corrected chi connectivity index (χ4v) is 6.70. The fraction of sp³-hybridized carbons (Fsp3) is 0.656. The van der Waals surface area contributed by atoms with Crippen molar-refractivity contribution in [2.45, 2.75) is 115 Å². The maximum atomic E-state index is 12.7. The van der Waals surface area contributed by atoms with Gasteiger partial charge in [0.05, 0.1) is 42.5 Å². The van der Waals surface area contributed by atoms with Crippen LogP contribution in [0.2, 0.25) is 0 Å². The van der Waals surface area contributed by atoms with Crippen molar-refractivity contribution in [3.05, 3.63) is 47.2 Å². The average molecular weight is 608 g/mol. The Kier molecular flexibility index (Phi) is 8.17. The van der Waals surface area contributed by atoms with E-state index < -0.39 is 23.3 Å². The minimum absolute atomic E-state index is 0.344. The number of nitrogens with zero attached hydrogens (tertiary/aromatic N) is 7. The predicted molar refractivity (Wildman–Crippen MR) is 163 cm³/mol. The van der Waals surface area contributed by atoms with Crippen LogP contribution in [0.4, 0.5) is 5.82 Å². The molecule has 3 aromatic rings. The van der Waals surface area contributed by atoms with Crippen LogP contribution in [-0.2, 0) is 31.2 Å². The van der Waals surface area contributed by atoms with Gasteiger partial charge in [-0.3, -0.25) is 0 Å². The first-order valence-corrected chi connectivity index (χ1v) is 15.9. The Hall–Kier alpha value is -3.51. The third kappa shape index (κ3) is 6.19. The zero-order chi connectivity index (χ0) is 31.1. The highest BCUT2D eigenvalue weighted by molar-refractivity contribution is 5.78. The van der Waals surface area contributed by atoms with Crippen LogP contribution < -0.4 is 4.90 Å². The molecule has 0 amide bonds. The van der Waals surface area contributed by atoms with Crippen molar-refractivity contribution in [3.63, 3.8) is 0 Å². The predicted octanol–water partition coefficient (Wildman–Crippen LogP) is 5.09. The highest BCUT2D eigenvalue weighted by atomic mass is 16.5. The van der Waals surface area contributed by atoms with Gasteiger partial charge >= 0.3 is 5.97 Å². The van der Waals surface area contributed by atoms with Crippen LogP contribution in [0.3, 0.4) is 0 Å². The maximum absolute atomic E-state index is 12.7. The second kappa shape index (κ2) is 11.8. The zero-order valence-electron chi connectivity index (χ0n) is 26.6. The molecule has 6 bridgehead atoms. The van der Waals surface area contributed by atoms with E-state index in [2.05, 4.69) is 22.1 Å². The normalized spacial score (nSPS) is 21.2. The quantitative estimate of drug-likeness (QED) is 0.430. The number of anilines is 1. The van der Waals surface area contributed by atoms with Gasteiger partial charge in [-0.15, -0.1) is 5.10 Å². The molecule has 1 atom stereocenters. The Labute approximate surface area is 258 Å². The summed E-state index contributed by atoms with van der Waals surface area (Å²) >= 11 is 0. The first-order valence-electron chi connectivity index (χ1n) is 15.9. The van der Waals surface area contributed by atoms with E-state index >= 15 is 0 Å². The summed E-state index contributed by atoms with van der Waals surface area (Å²) in [6.07, 6.45) is 12.1. The molecule has 1 spiro atoms. The number of aromatic nitrogens is 6. The Morgan fingerprint density at radius 3 is 2.59 bits per heavy atom. The van der Waals surface area contributed by atoms with E-state index in [4.69, 9.17) is 24.3 Å². The molecular formula is C32H45N7O5. The molecule has 12 nitrogen and oxygen atoms in total. The van der Waals surface area contributed by atoms with Gasteiger partial charge in [-0.1, -0.05) is 24.5 Å². The van der Waals surface area contributed by atoms with Crippen LogP contribution >= 0.6 is 0 Å². The molecule has 1 saturated heterocycles. The first-order chi connectivity index (χ1) is 21.0. The van der Waals surface area contributed by atoms with Crippen molar-refractivity contribution in [3.8, 4) is 0 Å². The molecule has 1 aliphatic carbocycles. The van der Waals surface area contributed by atoms with Crippen LogP contribution in [0.1, 0.15) is 108 Å². The topological polar surface area (TPSA) is 129 Å². The van der Waals surface area contributed by atoms with E-state index in [0.717, 1.165) is 56.3 Å². The van der Waals surface area contributed by atoms with E-state index in [9.17, 15) is 9.90 Å². The molecule has 44 heavy (non-hydrogen) atoms. The number of rotatable bonds is 3. The minimum Gasteiger partial charge on any atom is -0.495 e. The van der Waals surface area contributed by atoms with Gasteiger partial charge in [-0.05, 0) is 60.0 Å². The van der Waals surface area contributed by atoms with Crippen LogP contribution in [0.15, 0.2) is 24.6 Å². The van der Waals surface area contributed by atoms with Gasteiger partial charge < -0.3 is 24.2 Å². The number of carboxylic acid groups (broad SMARTS) is 1. The molecule has 12 heteroatoms. The van der Waals surface area contributed by atoms with Gasteiger partial charge in [-0.2, -0.15) is 9.61 Å². The van der Waals surface area contributed by atoms with Crippen LogP contribution in [0.25, 0.3) is 5.65 Å². The third-order valence-corrected chi connectivity index (χ3v) is 9.04. The molecule has 2 fully saturated rings. The molecule has 238 valence electrons. The van der Waals surface area contributed by atoms with Crippen LogP contribution in [0, 0.1) is 6.92 Å². The summed E-state index contributed by atoms with van der Waals surface area (Å²) in [4.78, 5) is 19.7. The summed E-state index contributed by atoms with van der Waals surface area (Å²) in [5.74, 6) is -0.368. The number of piperidine rings is 1. The molecule has 7 rings (SSSR count). The summed E-state index contributed by atoms with van der Waals surface area (Å²) in [5.41, 5.74) is 1.90. The number of hydrogen-bond donors (Lipinski definition) is 1. The van der Waals surface area contributed by atoms with Gasteiger partial charge in [0.25, 0.3) is 0 Å². The number of carboxylic acids is 1. The monoisotopic (exact) mass is 607 g/mol. The highest BCUT2D eigenvalue weighted by Gasteiger charge is 2.39. The summed E-state index contributed by atoms with van der Waals surface area (Å²) in [5, 5.41) is 24.4. The molecule has 3 aliphatic heterocycles. The maximum Gasteiger partial charge on any atom is 0.337 e. The molecule has 0 unspecified atom stereocenters. The number of aryl methyl sites for hydroxylation is 1. The summed E-state index contributed by atoms with van der Waals surface area (Å²) in [6, 6.07) is 1.94. The Morgan fingerprint density at radius 1 is 1.14 bits per heavy atom. The molecule has 1 N–H and O–H groups in total. The third-order valence-electron chi connectivity index (χ3n) is 9.04. The van der Waals surface area contributed by atoms with Gasteiger partial charge in [0.1, 0.15) is 22.7 Å². The lowest BCUT2D eigenvalue weighted by molar-refractivity contribution is -0.160. The first kappa shape index (κ1) is 30.5. The number of aliphatic carboxylic acids is 1. The Balaban J connectivity index is 1.46. The van der Waals surface area contributed by atoms with E-state index in [0.29, 0.717) is 49.0 Å². The van der Waals surface area contributed by atoms with Gasteiger partial charge in [0, 0.05) is 37.7 Å². The smallest absolute Gasteiger partial charge is 0.337 e. The van der Waals surface area contributed by atoms with E-state index in [1.165, 1.54) is 6.42 Å². The van der Waals surface area contributed by atoms with E-state index in [-0.39, 0.29) is 5.60 Å². The van der Waals surface area contributed by atoms with Gasteiger partial charge in [0.2, 0.25) is 0 Å². The van der Waals surface area contributed by atoms with Crippen molar-refractivity contribution < 1.29 is 24.1 Å². The lowest BCUT2D eigenvalue weighted by Crippen LogP contribution is -2.45. The van der Waals surface area contributed by atoms with E-state index in [1.807, 2.05) is 52.3 Å². The minimum atomic E-state index is -1.21. The molecule has 6 heterocycles. The second-order valence-corrected chi connectivity index (χ2v) is 13.7.